The fraction of sp³-hybridized carbons (Fsp3) is 0.231. The number of halogens is 1. The van der Waals surface area contributed by atoms with Crippen molar-refractivity contribution in [3.8, 4) is 5.75 Å². The van der Waals surface area contributed by atoms with E-state index in [1.807, 2.05) is 13.8 Å². The Balaban J connectivity index is 2.13. The van der Waals surface area contributed by atoms with E-state index in [0.29, 0.717) is 5.69 Å². The van der Waals surface area contributed by atoms with Gasteiger partial charge in [-0.05, 0) is 38.1 Å². The Morgan fingerprint density at radius 1 is 1.26 bits per heavy atom. The van der Waals surface area contributed by atoms with Crippen molar-refractivity contribution >= 4 is 17.5 Å². The van der Waals surface area contributed by atoms with Crippen molar-refractivity contribution < 1.29 is 9.13 Å². The minimum Gasteiger partial charge on any atom is -0.491 e. The number of nitrogen functional groups attached to an aromatic ring is 1. The number of hydrogen-bond acceptors (Lipinski definition) is 5. The number of benzene rings is 1. The first-order chi connectivity index (χ1) is 9.04. The molecule has 19 heavy (non-hydrogen) atoms. The highest BCUT2D eigenvalue weighted by molar-refractivity contribution is 5.58. The summed E-state index contributed by atoms with van der Waals surface area (Å²) < 4.78 is 19.0. The molecule has 0 unspecified atom stereocenters. The van der Waals surface area contributed by atoms with Gasteiger partial charge < -0.3 is 15.8 Å². The molecule has 1 aromatic carbocycles. The van der Waals surface area contributed by atoms with Crippen LogP contribution in [0.5, 0.6) is 5.75 Å². The molecule has 0 bridgehead atoms. The molecule has 100 valence electrons. The third-order valence-corrected chi connectivity index (χ3v) is 2.25. The van der Waals surface area contributed by atoms with E-state index < -0.39 is 5.82 Å². The molecule has 0 fully saturated rings. The molecule has 1 aromatic heterocycles. The second-order valence-corrected chi connectivity index (χ2v) is 4.24. The number of hydrogen-bond donors (Lipinski definition) is 2. The summed E-state index contributed by atoms with van der Waals surface area (Å²) >= 11 is 0. The molecular weight excluding hydrogens is 247 g/mol. The Kier molecular flexibility index (Phi) is 3.79. The van der Waals surface area contributed by atoms with Gasteiger partial charge in [-0.25, -0.2) is 9.37 Å². The minimum absolute atomic E-state index is 0.0173. The first kappa shape index (κ1) is 13.1. The quantitative estimate of drug-likeness (QED) is 0.886. The minimum atomic E-state index is -0.559. The Hall–Kier alpha value is -2.37. The summed E-state index contributed by atoms with van der Waals surface area (Å²) in [5.74, 6) is 0.258. The lowest BCUT2D eigenvalue weighted by Gasteiger charge is -2.11. The molecule has 6 heteroatoms. The van der Waals surface area contributed by atoms with E-state index in [0.717, 1.165) is 11.9 Å². The van der Waals surface area contributed by atoms with Gasteiger partial charge in [0.2, 0.25) is 5.95 Å². The van der Waals surface area contributed by atoms with Crippen LogP contribution in [0.1, 0.15) is 13.8 Å². The normalized spacial score (nSPS) is 10.5. The van der Waals surface area contributed by atoms with Crippen LogP contribution in [-0.4, -0.2) is 16.1 Å². The molecule has 0 saturated heterocycles. The smallest absolute Gasteiger partial charge is 0.222 e. The molecule has 0 spiro atoms. The van der Waals surface area contributed by atoms with Gasteiger partial charge in [0.15, 0.2) is 11.6 Å². The van der Waals surface area contributed by atoms with E-state index in [1.54, 1.807) is 24.3 Å². The fourth-order valence-corrected chi connectivity index (χ4v) is 1.49. The molecule has 1 heterocycles. The summed E-state index contributed by atoms with van der Waals surface area (Å²) in [6.07, 6.45) is 1.14. The molecule has 0 saturated carbocycles. The maximum absolute atomic E-state index is 13.4. The number of ether oxygens (including phenoxy) is 1. The van der Waals surface area contributed by atoms with Gasteiger partial charge in [0, 0.05) is 5.69 Å². The third-order valence-electron chi connectivity index (χ3n) is 2.25. The number of nitrogens with two attached hydrogens (primary N) is 1. The highest BCUT2D eigenvalue weighted by atomic mass is 19.1. The molecule has 2 rings (SSSR count). The SMILES string of the molecule is CC(C)Oc1ccc(Nc2nc(N)ncc2F)cc1. The molecular formula is C13H15FN4O. The van der Waals surface area contributed by atoms with Crippen LogP contribution < -0.4 is 15.8 Å². The predicted molar refractivity (Wildman–Crippen MR) is 71.9 cm³/mol. The molecule has 0 amide bonds. The summed E-state index contributed by atoms with van der Waals surface area (Å²) in [5, 5.41) is 2.83. The average Bonchev–Trinajstić information content (AvgIpc) is 2.35. The molecule has 5 nitrogen and oxygen atoms in total. The lowest BCUT2D eigenvalue weighted by atomic mass is 10.3. The van der Waals surface area contributed by atoms with E-state index >= 15 is 0 Å². The van der Waals surface area contributed by atoms with Gasteiger partial charge in [0.1, 0.15) is 5.75 Å². The summed E-state index contributed by atoms with van der Waals surface area (Å²) in [5.41, 5.74) is 6.10. The second-order valence-electron chi connectivity index (χ2n) is 4.24. The van der Waals surface area contributed by atoms with Crippen molar-refractivity contribution in [1.29, 1.82) is 0 Å². The van der Waals surface area contributed by atoms with Crippen LogP contribution in [-0.2, 0) is 0 Å². The van der Waals surface area contributed by atoms with E-state index in [1.165, 1.54) is 0 Å². The molecule has 0 aliphatic carbocycles. The van der Waals surface area contributed by atoms with Crippen LogP contribution in [0.15, 0.2) is 30.5 Å². The van der Waals surface area contributed by atoms with E-state index in [2.05, 4.69) is 15.3 Å². The topological polar surface area (TPSA) is 73.1 Å². The van der Waals surface area contributed by atoms with Gasteiger partial charge in [-0.15, -0.1) is 0 Å². The number of rotatable bonds is 4. The predicted octanol–water partition coefficient (Wildman–Crippen LogP) is 2.73. The number of nitrogens with zero attached hydrogens (tertiary/aromatic N) is 2. The van der Waals surface area contributed by atoms with Crippen LogP contribution in [0.25, 0.3) is 0 Å². The van der Waals surface area contributed by atoms with E-state index in [-0.39, 0.29) is 17.9 Å². The second kappa shape index (κ2) is 5.51. The van der Waals surface area contributed by atoms with Crippen LogP contribution in [0.3, 0.4) is 0 Å². The van der Waals surface area contributed by atoms with E-state index in [9.17, 15) is 4.39 Å². The van der Waals surface area contributed by atoms with Crippen LogP contribution >= 0.6 is 0 Å². The first-order valence-electron chi connectivity index (χ1n) is 5.86. The highest BCUT2D eigenvalue weighted by Crippen LogP contribution is 2.21. The van der Waals surface area contributed by atoms with Gasteiger partial charge in [0.05, 0.1) is 12.3 Å². The largest absolute Gasteiger partial charge is 0.491 e. The fourth-order valence-electron chi connectivity index (χ4n) is 1.49. The first-order valence-corrected chi connectivity index (χ1v) is 5.86. The van der Waals surface area contributed by atoms with Crippen LogP contribution in [0, 0.1) is 5.82 Å². The van der Waals surface area contributed by atoms with E-state index in [4.69, 9.17) is 10.5 Å². The van der Waals surface area contributed by atoms with Crippen molar-refractivity contribution in [2.24, 2.45) is 0 Å². The molecule has 0 atom stereocenters. The summed E-state index contributed by atoms with van der Waals surface area (Å²) in [7, 11) is 0. The zero-order valence-electron chi connectivity index (χ0n) is 10.7. The van der Waals surface area contributed by atoms with Crippen molar-refractivity contribution in [2.75, 3.05) is 11.1 Å². The Morgan fingerprint density at radius 3 is 2.58 bits per heavy atom. The van der Waals surface area contributed by atoms with Gasteiger partial charge in [-0.3, -0.25) is 0 Å². The molecule has 0 aliphatic rings. The lowest BCUT2D eigenvalue weighted by Crippen LogP contribution is -2.05. The average molecular weight is 262 g/mol. The van der Waals surface area contributed by atoms with Crippen molar-refractivity contribution in [3.63, 3.8) is 0 Å². The highest BCUT2D eigenvalue weighted by Gasteiger charge is 2.06. The zero-order valence-corrected chi connectivity index (χ0v) is 10.7. The zero-order chi connectivity index (χ0) is 13.8. The number of nitrogens with one attached hydrogen (secondary N) is 1. The Bertz CT molecular complexity index is 557. The van der Waals surface area contributed by atoms with Gasteiger partial charge in [0.25, 0.3) is 0 Å². The summed E-state index contributed by atoms with van der Waals surface area (Å²) in [6.45, 7) is 3.90. The van der Waals surface area contributed by atoms with Crippen molar-refractivity contribution in [3.05, 3.63) is 36.3 Å². The van der Waals surface area contributed by atoms with Crippen LogP contribution in [0.4, 0.5) is 21.8 Å². The Labute approximate surface area is 110 Å². The number of anilines is 3. The molecule has 0 radical (unpaired) electrons. The van der Waals surface area contributed by atoms with Gasteiger partial charge in [-0.1, -0.05) is 0 Å². The Morgan fingerprint density at radius 2 is 1.95 bits per heavy atom. The summed E-state index contributed by atoms with van der Waals surface area (Å²) in [4.78, 5) is 7.35. The summed E-state index contributed by atoms with van der Waals surface area (Å²) in [6, 6.07) is 7.14. The third kappa shape index (κ3) is 3.54. The maximum Gasteiger partial charge on any atom is 0.222 e. The van der Waals surface area contributed by atoms with Crippen LogP contribution in [0.2, 0.25) is 0 Å². The lowest BCUT2D eigenvalue weighted by molar-refractivity contribution is 0.242. The number of aromatic nitrogens is 2. The van der Waals surface area contributed by atoms with Gasteiger partial charge in [-0.2, -0.15) is 4.98 Å². The molecule has 3 N–H and O–H groups in total. The molecule has 2 aromatic rings. The standard InChI is InChI=1S/C13H15FN4O/c1-8(2)19-10-5-3-9(4-6-10)17-12-11(14)7-16-13(15)18-12/h3-8H,1-2H3,(H3,15,16,17,18). The monoisotopic (exact) mass is 262 g/mol. The molecule has 0 aliphatic heterocycles. The van der Waals surface area contributed by atoms with Gasteiger partial charge >= 0.3 is 0 Å². The maximum atomic E-state index is 13.4. The van der Waals surface area contributed by atoms with Crippen molar-refractivity contribution in [1.82, 2.24) is 9.97 Å². The van der Waals surface area contributed by atoms with Crippen molar-refractivity contribution in [2.45, 2.75) is 20.0 Å².